The van der Waals surface area contributed by atoms with Crippen LogP contribution in [0.5, 0.6) is 0 Å². The van der Waals surface area contributed by atoms with Crippen LogP contribution in [-0.4, -0.2) is 12.3 Å². The Bertz CT molecular complexity index is 3860. The quantitative estimate of drug-likeness (QED) is 0.163. The largest absolute Gasteiger partial charge is 0.334 e. The van der Waals surface area contributed by atoms with E-state index in [-0.39, 0.29) is 55.6 Å². The lowest BCUT2D eigenvalue weighted by Crippen LogP contribution is -2.62. The number of hydrogen-bond donors (Lipinski definition) is 0. The molecule has 14 rings (SSSR count). The summed E-state index contributed by atoms with van der Waals surface area (Å²) in [5, 5.41) is 0. The summed E-state index contributed by atoms with van der Waals surface area (Å²) in [7, 11) is 0. The second-order valence-corrected chi connectivity index (χ2v) is 32.6. The van der Waals surface area contributed by atoms with E-state index in [1.807, 2.05) is 0 Å². The predicted octanol–water partition coefficient (Wildman–Crippen LogP) is 19.4. The molecular weight excluding hydrogens is 990 g/mol. The predicted molar refractivity (Wildman–Crippen MR) is 353 cm³/mol. The summed E-state index contributed by atoms with van der Waals surface area (Å²) in [5.74, 6) is 0. The Balaban J connectivity index is 1.18. The molecular formula is C78H92BN3. The fourth-order valence-corrected chi connectivity index (χ4v) is 18.2. The second-order valence-electron chi connectivity index (χ2n) is 32.6. The van der Waals surface area contributed by atoms with Gasteiger partial charge < -0.3 is 14.7 Å². The van der Waals surface area contributed by atoms with Gasteiger partial charge in [-0.05, 0) is 217 Å². The molecule has 3 nitrogen and oxygen atoms in total. The maximum atomic E-state index is 2.87. The van der Waals surface area contributed by atoms with Gasteiger partial charge in [-0.3, -0.25) is 0 Å². The number of benzene rings is 7. The molecule has 4 heteroatoms. The monoisotopic (exact) mass is 1080 g/mol. The Morgan fingerprint density at radius 3 is 1.45 bits per heavy atom. The zero-order valence-electron chi connectivity index (χ0n) is 53.3. The molecule has 1 saturated carbocycles. The van der Waals surface area contributed by atoms with Crippen LogP contribution in [0.15, 0.2) is 121 Å². The molecule has 422 valence electrons. The SMILES string of the molecule is Cc1cc2c(cc1N1c3cc4c(cc3B3c5cc6c(cc5N(c5ccc(C(C)(C)C)cc5-c5ccccc5)c5cc(N7c8ccccc8C8(C)CCCCC78C)cc1c53)C(C)(C)CCC6(C)C)C(C)(C)CC4(C)C)C(C)(C)CCC2(C)C. The average molecular weight is 1080 g/mol. The highest BCUT2D eigenvalue weighted by Crippen LogP contribution is 2.63. The van der Waals surface area contributed by atoms with Crippen LogP contribution in [0.3, 0.4) is 0 Å². The summed E-state index contributed by atoms with van der Waals surface area (Å²) in [6, 6.07) is 50.1. The van der Waals surface area contributed by atoms with E-state index in [0.717, 1.165) is 19.3 Å². The fraction of sp³-hybridized carbons (Fsp3) is 0.462. The van der Waals surface area contributed by atoms with Gasteiger partial charge in [-0.15, -0.1) is 0 Å². The van der Waals surface area contributed by atoms with Crippen LogP contribution in [-0.2, 0) is 43.3 Å². The first-order valence-corrected chi connectivity index (χ1v) is 31.8. The van der Waals surface area contributed by atoms with Crippen molar-refractivity contribution in [3.63, 3.8) is 0 Å². The first-order chi connectivity index (χ1) is 38.4. The van der Waals surface area contributed by atoms with Crippen LogP contribution < -0.4 is 31.1 Å². The van der Waals surface area contributed by atoms with Gasteiger partial charge in [0.15, 0.2) is 0 Å². The van der Waals surface area contributed by atoms with Crippen LogP contribution in [0, 0.1) is 6.92 Å². The van der Waals surface area contributed by atoms with E-state index in [1.165, 1.54) is 162 Å². The molecule has 7 aliphatic rings. The summed E-state index contributed by atoms with van der Waals surface area (Å²) in [4.78, 5) is 8.51. The molecule has 0 saturated heterocycles. The van der Waals surface area contributed by atoms with E-state index in [2.05, 4.69) is 261 Å². The molecule has 82 heavy (non-hydrogen) atoms. The van der Waals surface area contributed by atoms with Gasteiger partial charge in [0.2, 0.25) is 0 Å². The summed E-state index contributed by atoms with van der Waals surface area (Å²) >= 11 is 0. The maximum absolute atomic E-state index is 2.87. The van der Waals surface area contributed by atoms with Crippen molar-refractivity contribution in [3.05, 3.63) is 171 Å². The van der Waals surface area contributed by atoms with Crippen molar-refractivity contribution in [2.24, 2.45) is 0 Å². The third-order valence-corrected chi connectivity index (χ3v) is 23.4. The lowest BCUT2D eigenvalue weighted by molar-refractivity contribution is 0.195. The summed E-state index contributed by atoms with van der Waals surface area (Å²) in [5.41, 5.74) is 30.6. The third kappa shape index (κ3) is 7.46. The smallest absolute Gasteiger partial charge is 0.252 e. The number of hydrogen-bond acceptors (Lipinski definition) is 3. The molecule has 2 atom stereocenters. The first-order valence-electron chi connectivity index (χ1n) is 31.8. The van der Waals surface area contributed by atoms with E-state index < -0.39 is 0 Å². The van der Waals surface area contributed by atoms with Crippen LogP contribution in [0.4, 0.5) is 45.5 Å². The zero-order chi connectivity index (χ0) is 58.0. The van der Waals surface area contributed by atoms with Gasteiger partial charge in [0.05, 0.1) is 11.2 Å². The van der Waals surface area contributed by atoms with Crippen LogP contribution in [0.2, 0.25) is 0 Å². The molecule has 0 aromatic heterocycles. The summed E-state index contributed by atoms with van der Waals surface area (Å²) in [6.07, 6.45) is 10.6. The summed E-state index contributed by atoms with van der Waals surface area (Å²) in [6.45, 7) is 45.0. The van der Waals surface area contributed by atoms with Crippen molar-refractivity contribution in [1.82, 2.24) is 0 Å². The van der Waals surface area contributed by atoms with Gasteiger partial charge in [-0.25, -0.2) is 0 Å². The highest BCUT2D eigenvalue weighted by atomic mass is 15.3. The minimum absolute atomic E-state index is 0.000498. The first kappa shape index (κ1) is 54.0. The molecule has 0 amide bonds. The maximum Gasteiger partial charge on any atom is 0.252 e. The van der Waals surface area contributed by atoms with Crippen molar-refractivity contribution >= 4 is 68.6 Å². The van der Waals surface area contributed by atoms with Crippen molar-refractivity contribution in [3.8, 4) is 11.1 Å². The van der Waals surface area contributed by atoms with Crippen LogP contribution in [0.1, 0.15) is 226 Å². The molecule has 7 aromatic carbocycles. The number of fused-ring (bicyclic) bond motifs is 10. The number of para-hydroxylation sites is 1. The van der Waals surface area contributed by atoms with Gasteiger partial charge in [-0.1, -0.05) is 196 Å². The third-order valence-electron chi connectivity index (χ3n) is 23.4. The van der Waals surface area contributed by atoms with Crippen molar-refractivity contribution in [1.29, 1.82) is 0 Å². The zero-order valence-corrected chi connectivity index (χ0v) is 53.3. The molecule has 0 bridgehead atoms. The van der Waals surface area contributed by atoms with E-state index in [4.69, 9.17) is 0 Å². The Hall–Kier alpha value is -6.00. The molecule has 4 aliphatic carbocycles. The number of aryl methyl sites for hydroxylation is 1. The van der Waals surface area contributed by atoms with Crippen molar-refractivity contribution in [2.75, 3.05) is 14.7 Å². The Morgan fingerprint density at radius 1 is 0.402 bits per heavy atom. The van der Waals surface area contributed by atoms with Gasteiger partial charge in [0.25, 0.3) is 6.71 Å². The lowest BCUT2D eigenvalue weighted by Gasteiger charge is -2.51. The number of rotatable bonds is 4. The number of anilines is 8. The van der Waals surface area contributed by atoms with Gasteiger partial charge in [0, 0.05) is 50.8 Å². The molecule has 0 N–H and O–H groups in total. The van der Waals surface area contributed by atoms with Crippen molar-refractivity contribution in [2.45, 2.75) is 231 Å². The normalized spacial score (nSPS) is 24.1. The van der Waals surface area contributed by atoms with Crippen LogP contribution >= 0.6 is 0 Å². The minimum Gasteiger partial charge on any atom is -0.334 e. The summed E-state index contributed by atoms with van der Waals surface area (Å²) < 4.78 is 0. The Kier molecular flexibility index (Phi) is 11.3. The molecule has 7 aromatic rings. The molecule has 1 fully saturated rings. The van der Waals surface area contributed by atoms with E-state index in [0.29, 0.717) is 0 Å². The molecule has 3 heterocycles. The Morgan fingerprint density at radius 2 is 0.878 bits per heavy atom. The molecule has 3 aliphatic heterocycles. The van der Waals surface area contributed by atoms with E-state index in [1.54, 1.807) is 0 Å². The molecule has 2 unspecified atom stereocenters. The molecule has 0 radical (unpaired) electrons. The average Bonchev–Trinajstić information content (AvgIpc) is 1.55. The number of nitrogens with zero attached hydrogens (tertiary/aromatic N) is 3. The van der Waals surface area contributed by atoms with Gasteiger partial charge in [0.1, 0.15) is 0 Å². The van der Waals surface area contributed by atoms with Crippen LogP contribution in [0.25, 0.3) is 11.1 Å². The minimum atomic E-state index is -0.143. The highest BCUT2D eigenvalue weighted by molar-refractivity contribution is 7.00. The lowest BCUT2D eigenvalue weighted by atomic mass is 9.33. The van der Waals surface area contributed by atoms with E-state index >= 15 is 0 Å². The molecule has 0 spiro atoms. The van der Waals surface area contributed by atoms with Gasteiger partial charge in [-0.2, -0.15) is 0 Å². The highest BCUT2D eigenvalue weighted by Gasteiger charge is 2.59. The van der Waals surface area contributed by atoms with E-state index in [9.17, 15) is 0 Å². The fourth-order valence-electron chi connectivity index (χ4n) is 18.2. The van der Waals surface area contributed by atoms with Gasteiger partial charge >= 0.3 is 0 Å². The van der Waals surface area contributed by atoms with Crippen molar-refractivity contribution < 1.29 is 0 Å². The topological polar surface area (TPSA) is 9.72 Å². The Labute approximate surface area is 494 Å². The standard InChI is InChI=1S/C78H92BN3/c1-48-38-54-57(73(9,10)36-34-71(54,5)6)44-64(48)81-66-46-59-56(75(13,14)47-76(59,15)16)43-61(66)79-60-42-55-58(74(11,12)37-35-72(55,7)8)45-65(60)80(62-31-30-50(70(2,3)4)39-52(62)49-26-20-19-21-27-49)67-40-51(41-68(81)69(67)79)82-63-29-23-22-28-53(63)77(17)32-24-25-33-78(77,82)18/h19-23,26-31,38-46H,24-25,32-37,47H2,1-18H3. The second kappa shape index (κ2) is 17.1.